The molecule has 0 aromatic carbocycles. The predicted molar refractivity (Wildman–Crippen MR) is 66.7 cm³/mol. The molecule has 0 spiro atoms. The Morgan fingerprint density at radius 1 is 1.16 bits per heavy atom. The summed E-state index contributed by atoms with van der Waals surface area (Å²) < 4.78 is 53.1. The number of nitrogens with one attached hydrogen (secondary N) is 1. The number of hydrogen-bond acceptors (Lipinski definition) is 2. The van der Waals surface area contributed by atoms with Gasteiger partial charge in [-0.25, -0.2) is 9.37 Å². The Balaban J connectivity index is 3.51. The molecular weight excluding hydrogens is 260 g/mol. The van der Waals surface area contributed by atoms with E-state index < -0.39 is 23.0 Å². The first-order chi connectivity index (χ1) is 8.44. The first-order valence-electron chi connectivity index (χ1n) is 5.97. The lowest BCUT2D eigenvalue weighted by Crippen LogP contribution is -2.24. The van der Waals surface area contributed by atoms with Gasteiger partial charge < -0.3 is 5.32 Å². The molecule has 1 N–H and O–H groups in total. The summed E-state index contributed by atoms with van der Waals surface area (Å²) in [4.78, 5) is 3.55. The van der Waals surface area contributed by atoms with E-state index in [9.17, 15) is 17.6 Å². The molecule has 0 atom stereocenters. The van der Waals surface area contributed by atoms with Crippen molar-refractivity contribution in [2.45, 2.75) is 52.3 Å². The van der Waals surface area contributed by atoms with E-state index in [-0.39, 0.29) is 17.4 Å². The third-order valence-corrected chi connectivity index (χ3v) is 2.50. The van der Waals surface area contributed by atoms with Crippen LogP contribution < -0.4 is 5.32 Å². The first-order valence-corrected chi connectivity index (χ1v) is 5.97. The Bertz CT molecular complexity index is 459. The van der Waals surface area contributed by atoms with Gasteiger partial charge in [0.1, 0.15) is 0 Å². The summed E-state index contributed by atoms with van der Waals surface area (Å²) in [6, 6.07) is -0.119. The number of hydrogen-bond donors (Lipinski definition) is 1. The minimum Gasteiger partial charge on any atom is -0.365 e. The molecule has 1 aromatic heterocycles. The smallest absolute Gasteiger partial charge is 0.365 e. The molecule has 19 heavy (non-hydrogen) atoms. The summed E-state index contributed by atoms with van der Waals surface area (Å²) in [5.41, 5.74) is -2.35. The maximum atomic E-state index is 14.3. The Kier molecular flexibility index (Phi) is 4.12. The summed E-state index contributed by atoms with van der Waals surface area (Å²) in [7, 11) is 0. The fraction of sp³-hybridized carbons (Fsp3) is 0.615. The lowest BCUT2D eigenvalue weighted by molar-refractivity contribution is -0.139. The zero-order valence-corrected chi connectivity index (χ0v) is 11.6. The lowest BCUT2D eigenvalue weighted by Gasteiger charge is -2.26. The highest BCUT2D eigenvalue weighted by atomic mass is 19.4. The van der Waals surface area contributed by atoms with Gasteiger partial charge in [0.15, 0.2) is 11.6 Å². The van der Waals surface area contributed by atoms with Crippen molar-refractivity contribution < 1.29 is 17.6 Å². The highest BCUT2D eigenvalue weighted by molar-refractivity contribution is 5.47. The summed E-state index contributed by atoms with van der Waals surface area (Å²) in [5.74, 6) is -1.08. The first kappa shape index (κ1) is 15.7. The topological polar surface area (TPSA) is 24.9 Å². The highest BCUT2D eigenvalue weighted by Crippen LogP contribution is 2.39. The van der Waals surface area contributed by atoms with Gasteiger partial charge >= 0.3 is 6.18 Å². The molecule has 0 aliphatic carbocycles. The molecule has 0 radical (unpaired) electrons. The van der Waals surface area contributed by atoms with Gasteiger partial charge in [0, 0.05) is 17.8 Å². The average Bonchev–Trinajstić information content (AvgIpc) is 2.16. The Hall–Kier alpha value is -1.33. The SMILES string of the molecule is CC(C)Nc1ncc(C(F)(F)F)c(C(C)(C)C)c1F. The number of halogens is 4. The Morgan fingerprint density at radius 3 is 2.05 bits per heavy atom. The molecule has 1 rings (SSSR count). The number of anilines is 1. The van der Waals surface area contributed by atoms with Crippen LogP contribution in [0.1, 0.15) is 45.7 Å². The van der Waals surface area contributed by atoms with Gasteiger partial charge in [-0.05, 0) is 19.3 Å². The zero-order valence-electron chi connectivity index (χ0n) is 11.6. The minimum absolute atomic E-state index is 0.119. The molecule has 6 heteroatoms. The van der Waals surface area contributed by atoms with Crippen LogP contribution in [0.15, 0.2) is 6.20 Å². The van der Waals surface area contributed by atoms with Crippen LogP contribution in [0.4, 0.5) is 23.4 Å². The number of nitrogens with zero attached hydrogens (tertiary/aromatic N) is 1. The maximum absolute atomic E-state index is 14.3. The van der Waals surface area contributed by atoms with Crippen LogP contribution in [0, 0.1) is 5.82 Å². The van der Waals surface area contributed by atoms with Crippen molar-refractivity contribution >= 4 is 5.82 Å². The van der Waals surface area contributed by atoms with Crippen LogP contribution >= 0.6 is 0 Å². The molecule has 0 saturated heterocycles. The predicted octanol–water partition coefficient (Wildman–Crippen LogP) is 4.36. The summed E-state index contributed by atoms with van der Waals surface area (Å²) in [6.07, 6.45) is -3.93. The second-order valence-electron chi connectivity index (χ2n) is 5.76. The lowest BCUT2D eigenvalue weighted by atomic mass is 9.83. The van der Waals surface area contributed by atoms with Crippen molar-refractivity contribution in [1.29, 1.82) is 0 Å². The van der Waals surface area contributed by atoms with E-state index in [0.29, 0.717) is 6.20 Å². The van der Waals surface area contributed by atoms with E-state index in [2.05, 4.69) is 10.3 Å². The van der Waals surface area contributed by atoms with Crippen molar-refractivity contribution in [3.05, 3.63) is 23.1 Å². The van der Waals surface area contributed by atoms with Gasteiger partial charge in [-0.3, -0.25) is 0 Å². The van der Waals surface area contributed by atoms with Crippen LogP contribution in [-0.4, -0.2) is 11.0 Å². The molecule has 1 heterocycles. The highest BCUT2D eigenvalue weighted by Gasteiger charge is 2.39. The molecule has 0 saturated carbocycles. The minimum atomic E-state index is -4.62. The molecule has 2 nitrogen and oxygen atoms in total. The van der Waals surface area contributed by atoms with Crippen LogP contribution in [0.25, 0.3) is 0 Å². The van der Waals surface area contributed by atoms with E-state index in [0.717, 1.165) is 0 Å². The van der Waals surface area contributed by atoms with Gasteiger partial charge in [-0.15, -0.1) is 0 Å². The van der Waals surface area contributed by atoms with Gasteiger partial charge in [0.25, 0.3) is 0 Å². The van der Waals surface area contributed by atoms with Gasteiger partial charge in [0.05, 0.1) is 5.56 Å². The van der Waals surface area contributed by atoms with Crippen LogP contribution in [-0.2, 0) is 11.6 Å². The number of aromatic nitrogens is 1. The Morgan fingerprint density at radius 2 is 1.68 bits per heavy atom. The molecule has 1 aromatic rings. The molecular formula is C13H18F4N2. The third kappa shape index (κ3) is 3.58. The second-order valence-corrected chi connectivity index (χ2v) is 5.76. The van der Waals surface area contributed by atoms with Gasteiger partial charge in [0.2, 0.25) is 0 Å². The van der Waals surface area contributed by atoms with E-state index >= 15 is 0 Å². The van der Waals surface area contributed by atoms with E-state index in [4.69, 9.17) is 0 Å². The largest absolute Gasteiger partial charge is 0.418 e. The van der Waals surface area contributed by atoms with Crippen molar-refractivity contribution in [2.24, 2.45) is 0 Å². The molecule has 0 fully saturated rings. The number of alkyl halides is 3. The summed E-state index contributed by atoms with van der Waals surface area (Å²) in [6.45, 7) is 8.14. The monoisotopic (exact) mass is 278 g/mol. The fourth-order valence-electron chi connectivity index (χ4n) is 1.81. The van der Waals surface area contributed by atoms with Crippen molar-refractivity contribution in [3.8, 4) is 0 Å². The standard InChI is InChI=1S/C13H18F4N2/c1-7(2)19-11-10(14)9(12(3,4)5)8(6-18-11)13(15,16)17/h6-7H,1-5H3,(H,18,19). The van der Waals surface area contributed by atoms with Crippen LogP contribution in [0.5, 0.6) is 0 Å². The summed E-state index contributed by atoms with van der Waals surface area (Å²) >= 11 is 0. The number of rotatable bonds is 2. The molecule has 0 unspecified atom stereocenters. The molecule has 0 amide bonds. The second kappa shape index (κ2) is 4.98. The zero-order chi connectivity index (χ0) is 15.0. The van der Waals surface area contributed by atoms with Crippen molar-refractivity contribution in [2.75, 3.05) is 5.32 Å². The third-order valence-electron chi connectivity index (χ3n) is 2.50. The fourth-order valence-corrected chi connectivity index (χ4v) is 1.81. The molecule has 0 aliphatic heterocycles. The van der Waals surface area contributed by atoms with E-state index in [1.54, 1.807) is 34.6 Å². The molecule has 0 bridgehead atoms. The van der Waals surface area contributed by atoms with E-state index in [1.807, 2.05) is 0 Å². The normalized spacial score (nSPS) is 12.9. The maximum Gasteiger partial charge on any atom is 0.418 e. The van der Waals surface area contributed by atoms with Crippen molar-refractivity contribution in [3.63, 3.8) is 0 Å². The Labute approximate surface area is 110 Å². The van der Waals surface area contributed by atoms with Gasteiger partial charge in [-0.1, -0.05) is 20.8 Å². The summed E-state index contributed by atoms with van der Waals surface area (Å²) in [5, 5.41) is 2.71. The quantitative estimate of drug-likeness (QED) is 0.813. The van der Waals surface area contributed by atoms with E-state index in [1.165, 1.54) is 0 Å². The molecule has 0 aliphatic rings. The molecule has 108 valence electrons. The number of pyridine rings is 1. The van der Waals surface area contributed by atoms with Crippen molar-refractivity contribution in [1.82, 2.24) is 4.98 Å². The van der Waals surface area contributed by atoms with Gasteiger partial charge in [-0.2, -0.15) is 13.2 Å². The van der Waals surface area contributed by atoms with Crippen LogP contribution in [0.2, 0.25) is 0 Å². The average molecular weight is 278 g/mol. The van der Waals surface area contributed by atoms with Crippen LogP contribution in [0.3, 0.4) is 0 Å².